The van der Waals surface area contributed by atoms with E-state index in [-0.39, 0.29) is 38.2 Å². The lowest BCUT2D eigenvalue weighted by Gasteiger charge is -2.29. The Morgan fingerprint density at radius 1 is 0.623 bits per heavy atom. The molecular formula is C40H76N6O7. The van der Waals surface area contributed by atoms with Crippen LogP contribution in [0.4, 0.5) is 4.79 Å². The van der Waals surface area contributed by atoms with Gasteiger partial charge in [-0.25, -0.2) is 24.9 Å². The predicted molar refractivity (Wildman–Crippen MR) is 212 cm³/mol. The minimum atomic E-state index is -1.57. The molecule has 0 aliphatic rings. The summed E-state index contributed by atoms with van der Waals surface area (Å²) in [6.45, 7) is 7.03. The Hall–Kier alpha value is -3.22. The molecule has 6 N–H and O–H groups in total. The van der Waals surface area contributed by atoms with Crippen LogP contribution in [0.3, 0.4) is 0 Å². The zero-order valence-electron chi connectivity index (χ0n) is 33.8. The lowest BCUT2D eigenvalue weighted by Crippen LogP contribution is -2.55. The van der Waals surface area contributed by atoms with E-state index in [9.17, 15) is 29.1 Å². The molecule has 0 heterocycles. The van der Waals surface area contributed by atoms with Crippen LogP contribution in [0.1, 0.15) is 195 Å². The summed E-state index contributed by atoms with van der Waals surface area (Å²) in [6.07, 6.45) is 23.3. The molecule has 0 aromatic rings. The fraction of sp³-hybridized carbons (Fsp3) is 0.850. The molecule has 0 rings (SSSR count). The van der Waals surface area contributed by atoms with E-state index in [0.717, 1.165) is 43.5 Å². The topological polar surface area (TPSA) is 198 Å². The third-order valence-corrected chi connectivity index (χ3v) is 9.20. The second-order valence-corrected chi connectivity index (χ2v) is 14.5. The highest BCUT2D eigenvalue weighted by molar-refractivity contribution is 5.98. The third kappa shape index (κ3) is 27.1. The number of guanidine groups is 1. The molecule has 0 saturated heterocycles. The van der Waals surface area contributed by atoms with E-state index in [1.807, 2.05) is 0 Å². The summed E-state index contributed by atoms with van der Waals surface area (Å²) in [6, 6.07) is -1.57. The molecule has 13 heteroatoms. The Kier molecular flexibility index (Phi) is 31.3. The Labute approximate surface area is 320 Å². The summed E-state index contributed by atoms with van der Waals surface area (Å²) in [5.74, 6) is -3.43. The number of aliphatic carboxylic acids is 1. The van der Waals surface area contributed by atoms with E-state index >= 15 is 0 Å². The largest absolute Gasteiger partial charge is 0.480 e. The number of aliphatic imine (C=N–C) groups is 1. The van der Waals surface area contributed by atoms with Gasteiger partial charge in [0.2, 0.25) is 17.7 Å². The Morgan fingerprint density at radius 2 is 1.02 bits per heavy atom. The van der Waals surface area contributed by atoms with Crippen molar-refractivity contribution in [3.05, 3.63) is 0 Å². The maximum Gasteiger partial charge on any atom is 0.417 e. The fourth-order valence-electron chi connectivity index (χ4n) is 6.17. The van der Waals surface area contributed by atoms with E-state index in [0.29, 0.717) is 17.7 Å². The Bertz CT molecular complexity index is 997. The van der Waals surface area contributed by atoms with Gasteiger partial charge in [-0.3, -0.25) is 19.4 Å². The van der Waals surface area contributed by atoms with Gasteiger partial charge in [-0.1, -0.05) is 142 Å². The quantitative estimate of drug-likeness (QED) is 0.0215. The van der Waals surface area contributed by atoms with Crippen molar-refractivity contribution in [2.45, 2.75) is 207 Å². The number of nitrogens with one attached hydrogen (secondary N) is 1. The lowest BCUT2D eigenvalue weighted by molar-refractivity contribution is -0.152. The van der Waals surface area contributed by atoms with Crippen LogP contribution < -0.4 is 16.9 Å². The van der Waals surface area contributed by atoms with Gasteiger partial charge in [-0.2, -0.15) is 0 Å². The van der Waals surface area contributed by atoms with Crippen molar-refractivity contribution in [2.24, 2.45) is 16.5 Å². The van der Waals surface area contributed by atoms with Crippen LogP contribution in [-0.4, -0.2) is 76.0 Å². The van der Waals surface area contributed by atoms with E-state index in [1.54, 1.807) is 13.8 Å². The summed E-state index contributed by atoms with van der Waals surface area (Å²) in [7, 11) is 0. The third-order valence-electron chi connectivity index (χ3n) is 9.20. The molecule has 0 spiro atoms. The minimum Gasteiger partial charge on any atom is -0.480 e. The molecular weight excluding hydrogens is 676 g/mol. The molecule has 0 aromatic carbocycles. The van der Waals surface area contributed by atoms with Crippen LogP contribution in [0, 0.1) is 0 Å². The molecule has 0 aliphatic carbocycles. The second-order valence-electron chi connectivity index (χ2n) is 14.5. The van der Waals surface area contributed by atoms with Crippen molar-refractivity contribution in [1.29, 1.82) is 0 Å². The number of nitrogens with zero attached hydrogens (tertiary/aromatic N) is 3. The minimum absolute atomic E-state index is 0.0977. The van der Waals surface area contributed by atoms with Crippen molar-refractivity contribution in [1.82, 2.24) is 15.3 Å². The Morgan fingerprint density at radius 3 is 1.38 bits per heavy atom. The summed E-state index contributed by atoms with van der Waals surface area (Å²) in [5.41, 5.74) is 13.4. The summed E-state index contributed by atoms with van der Waals surface area (Å²) in [5, 5.41) is 10.9. The number of amides is 4. The number of nitrogens with two attached hydrogens (primary N) is 2. The van der Waals surface area contributed by atoms with Crippen LogP contribution in [0.25, 0.3) is 0 Å². The predicted octanol–water partition coefficient (Wildman–Crippen LogP) is 8.13. The van der Waals surface area contributed by atoms with Gasteiger partial charge >= 0.3 is 12.1 Å². The average molecular weight is 753 g/mol. The lowest BCUT2D eigenvalue weighted by atomic mass is 10.0. The van der Waals surface area contributed by atoms with Crippen LogP contribution >= 0.6 is 0 Å². The fourth-order valence-corrected chi connectivity index (χ4v) is 6.17. The zero-order valence-corrected chi connectivity index (χ0v) is 33.8. The molecule has 0 fully saturated rings. The highest BCUT2D eigenvalue weighted by atomic mass is 16.6. The number of hydrogen-bond donors (Lipinski definition) is 4. The number of carbonyl (C=O) groups excluding carboxylic acids is 4. The van der Waals surface area contributed by atoms with Gasteiger partial charge in [-0.15, -0.1) is 0 Å². The number of carbonyl (C=O) groups is 5. The second kappa shape index (κ2) is 33.4. The Balaban J connectivity index is 5.38. The van der Waals surface area contributed by atoms with Gasteiger partial charge in [0.1, 0.15) is 6.04 Å². The van der Waals surface area contributed by atoms with Crippen LogP contribution in [0.5, 0.6) is 0 Å². The number of carboxylic acid groups (broad SMARTS) is 1. The molecule has 0 bridgehead atoms. The number of unbranched alkanes of at least 4 members (excludes halogenated alkanes) is 20. The normalized spacial score (nSPS) is 11.6. The van der Waals surface area contributed by atoms with Crippen molar-refractivity contribution in [3.8, 4) is 0 Å². The van der Waals surface area contributed by atoms with Crippen molar-refractivity contribution < 1.29 is 33.8 Å². The first kappa shape index (κ1) is 49.8. The molecule has 4 amide bonds. The van der Waals surface area contributed by atoms with Crippen molar-refractivity contribution in [3.63, 3.8) is 0 Å². The van der Waals surface area contributed by atoms with E-state index < -0.39 is 48.5 Å². The SMILES string of the molecule is CCCCCCCCCCCCCC(=O)N(NCC(=O)N(C(=O)OC(C)C)C(CCCN=C(N)N)C(=O)O)C(=O)CCCCCCCCCCCCC. The number of rotatable bonds is 34. The molecule has 308 valence electrons. The standard InChI is InChI=1S/C40H76N6O7/c1-5-7-9-11-13-15-17-19-21-23-25-29-35(47)46(36(48)30-26-24-22-20-18-16-14-12-10-8-6-2)44-32-37(49)45(40(52)53-33(3)4)34(38(50)51)28-27-31-43-39(41)42/h33-34,44H,5-32H2,1-4H3,(H,50,51)(H4,41,42,43). The molecule has 13 nitrogen and oxygen atoms in total. The van der Waals surface area contributed by atoms with Gasteiger partial charge in [0.05, 0.1) is 12.6 Å². The van der Waals surface area contributed by atoms with E-state index in [1.165, 1.54) is 89.9 Å². The zero-order chi connectivity index (χ0) is 39.7. The maximum absolute atomic E-state index is 13.5. The number of imide groups is 2. The number of ether oxygens (including phenoxy) is 1. The molecule has 0 radical (unpaired) electrons. The van der Waals surface area contributed by atoms with Crippen molar-refractivity contribution >= 4 is 35.7 Å². The molecule has 1 atom stereocenters. The van der Waals surface area contributed by atoms with E-state index in [2.05, 4.69) is 24.3 Å². The summed E-state index contributed by atoms with van der Waals surface area (Å²) < 4.78 is 5.22. The number of carboxylic acids is 1. The molecule has 53 heavy (non-hydrogen) atoms. The van der Waals surface area contributed by atoms with Gasteiger partial charge in [0.15, 0.2) is 5.96 Å². The molecule has 1 unspecified atom stereocenters. The summed E-state index contributed by atoms with van der Waals surface area (Å²) >= 11 is 0. The number of hydrogen-bond acceptors (Lipinski definition) is 8. The van der Waals surface area contributed by atoms with Gasteiger partial charge in [0, 0.05) is 19.4 Å². The first-order valence-corrected chi connectivity index (χ1v) is 20.9. The van der Waals surface area contributed by atoms with Crippen LogP contribution in [0.15, 0.2) is 4.99 Å². The average Bonchev–Trinajstić information content (AvgIpc) is 3.10. The van der Waals surface area contributed by atoms with Gasteiger partial charge in [0.25, 0.3) is 0 Å². The van der Waals surface area contributed by atoms with Crippen molar-refractivity contribution in [2.75, 3.05) is 13.1 Å². The van der Waals surface area contributed by atoms with Gasteiger partial charge < -0.3 is 21.3 Å². The highest BCUT2D eigenvalue weighted by Gasteiger charge is 2.36. The molecule has 0 aromatic heterocycles. The molecule has 0 aliphatic heterocycles. The number of hydrazine groups is 1. The first-order chi connectivity index (χ1) is 25.5. The monoisotopic (exact) mass is 753 g/mol. The first-order valence-electron chi connectivity index (χ1n) is 20.9. The van der Waals surface area contributed by atoms with Crippen LogP contribution in [0.2, 0.25) is 0 Å². The smallest absolute Gasteiger partial charge is 0.417 e. The summed E-state index contributed by atoms with van der Waals surface area (Å²) in [4.78, 5) is 69.9. The highest BCUT2D eigenvalue weighted by Crippen LogP contribution is 2.16. The van der Waals surface area contributed by atoms with E-state index in [4.69, 9.17) is 16.2 Å². The van der Waals surface area contributed by atoms with Gasteiger partial charge in [-0.05, 0) is 39.5 Å². The molecule has 0 saturated carbocycles. The van der Waals surface area contributed by atoms with Crippen LogP contribution in [-0.2, 0) is 23.9 Å². The maximum atomic E-state index is 13.5.